The average Bonchev–Trinajstić information content (AvgIpc) is 3.19. The van der Waals surface area contributed by atoms with Crippen LogP contribution in [0.5, 0.6) is 0 Å². The van der Waals surface area contributed by atoms with Crippen LogP contribution in [-0.2, 0) is 4.74 Å². The Bertz CT molecular complexity index is 1470. The molecule has 3 aromatic heterocycles. The number of nitrogens with zero attached hydrogens (tertiary/aromatic N) is 2. The molecule has 0 fully saturated rings. The Labute approximate surface area is 184 Å². The summed E-state index contributed by atoms with van der Waals surface area (Å²) in [6.45, 7) is 1.96. The Morgan fingerprint density at radius 1 is 0.875 bits per heavy atom. The van der Waals surface area contributed by atoms with Gasteiger partial charge >= 0.3 is 5.97 Å². The average molecular weight is 420 g/mol. The van der Waals surface area contributed by atoms with Gasteiger partial charge < -0.3 is 9.14 Å². The van der Waals surface area contributed by atoms with Crippen molar-refractivity contribution in [3.63, 3.8) is 0 Å². The van der Waals surface area contributed by atoms with E-state index in [1.54, 1.807) is 19.2 Å². The van der Waals surface area contributed by atoms with Crippen molar-refractivity contribution in [1.82, 2.24) is 9.38 Å². The number of rotatable bonds is 5. The van der Waals surface area contributed by atoms with Crippen molar-refractivity contribution in [2.24, 2.45) is 0 Å². The van der Waals surface area contributed by atoms with Crippen molar-refractivity contribution in [2.75, 3.05) is 6.61 Å². The molecule has 0 spiro atoms. The van der Waals surface area contributed by atoms with Gasteiger partial charge in [0.15, 0.2) is 5.78 Å². The van der Waals surface area contributed by atoms with Crippen LogP contribution in [0.2, 0.25) is 0 Å². The van der Waals surface area contributed by atoms with E-state index in [0.717, 1.165) is 10.8 Å². The smallest absolute Gasteiger partial charge is 0.341 e. The van der Waals surface area contributed by atoms with Crippen LogP contribution in [0.25, 0.3) is 27.7 Å². The first-order valence-electron chi connectivity index (χ1n) is 10.4. The van der Waals surface area contributed by atoms with Gasteiger partial charge in [0.25, 0.3) is 0 Å². The van der Waals surface area contributed by atoms with Gasteiger partial charge in [0.1, 0.15) is 0 Å². The zero-order valence-electron chi connectivity index (χ0n) is 17.5. The maximum Gasteiger partial charge on any atom is 0.341 e. The molecule has 0 aliphatic heterocycles. The number of benzene rings is 2. The van der Waals surface area contributed by atoms with Gasteiger partial charge in [-0.25, -0.2) is 4.79 Å². The van der Waals surface area contributed by atoms with Crippen LogP contribution < -0.4 is 0 Å². The van der Waals surface area contributed by atoms with E-state index >= 15 is 0 Å². The van der Waals surface area contributed by atoms with Crippen molar-refractivity contribution in [3.05, 3.63) is 108 Å². The topological polar surface area (TPSA) is 60.7 Å². The third-order valence-corrected chi connectivity index (χ3v) is 5.47. The number of pyridine rings is 2. The summed E-state index contributed by atoms with van der Waals surface area (Å²) in [4.78, 5) is 31.5. The van der Waals surface area contributed by atoms with Gasteiger partial charge in [0.05, 0.1) is 34.6 Å². The summed E-state index contributed by atoms with van der Waals surface area (Å²) in [5, 5.41) is 2.00. The Kier molecular flexibility index (Phi) is 5.00. The fourth-order valence-electron chi connectivity index (χ4n) is 4.07. The summed E-state index contributed by atoms with van der Waals surface area (Å²) in [5.41, 5.74) is 2.84. The molecular weight excluding hydrogens is 400 g/mol. The number of hydrogen-bond acceptors (Lipinski definition) is 4. The molecule has 0 saturated heterocycles. The third kappa shape index (κ3) is 3.24. The number of carbonyl (C=O) groups is 2. The Morgan fingerprint density at radius 3 is 2.44 bits per heavy atom. The zero-order chi connectivity index (χ0) is 22.1. The molecule has 3 heterocycles. The highest BCUT2D eigenvalue weighted by molar-refractivity contribution is 6.21. The molecule has 156 valence electrons. The van der Waals surface area contributed by atoms with Crippen LogP contribution in [0.4, 0.5) is 0 Å². The number of fused-ring (bicyclic) bond motifs is 2. The van der Waals surface area contributed by atoms with E-state index in [9.17, 15) is 9.59 Å². The van der Waals surface area contributed by atoms with E-state index in [1.807, 2.05) is 83.4 Å². The highest BCUT2D eigenvalue weighted by Crippen LogP contribution is 2.34. The van der Waals surface area contributed by atoms with Gasteiger partial charge in [-0.05, 0) is 48.0 Å². The molecule has 0 N–H and O–H groups in total. The molecule has 5 aromatic rings. The number of carbonyl (C=O) groups excluding carboxylic acids is 2. The monoisotopic (exact) mass is 420 g/mol. The number of ketones is 1. The molecule has 5 nitrogen and oxygen atoms in total. The highest BCUT2D eigenvalue weighted by Gasteiger charge is 2.30. The minimum absolute atomic E-state index is 0.214. The number of aromatic nitrogens is 2. The van der Waals surface area contributed by atoms with E-state index < -0.39 is 5.97 Å². The predicted molar refractivity (Wildman–Crippen MR) is 124 cm³/mol. The first-order valence-corrected chi connectivity index (χ1v) is 10.4. The first-order chi connectivity index (χ1) is 15.7. The maximum atomic E-state index is 13.9. The van der Waals surface area contributed by atoms with Crippen molar-refractivity contribution < 1.29 is 14.3 Å². The van der Waals surface area contributed by atoms with Crippen molar-refractivity contribution >= 4 is 28.0 Å². The minimum Gasteiger partial charge on any atom is -0.462 e. The lowest BCUT2D eigenvalue weighted by molar-refractivity contribution is 0.0526. The van der Waals surface area contributed by atoms with Crippen LogP contribution in [0.15, 0.2) is 91.3 Å². The molecule has 0 bridgehead atoms. The Hall–Kier alpha value is -4.25. The quantitative estimate of drug-likeness (QED) is 0.276. The van der Waals surface area contributed by atoms with Crippen LogP contribution in [0.3, 0.4) is 0 Å². The maximum absolute atomic E-state index is 13.9. The van der Waals surface area contributed by atoms with Gasteiger partial charge in [0.2, 0.25) is 0 Å². The molecule has 0 amide bonds. The molecule has 0 aliphatic carbocycles. The summed E-state index contributed by atoms with van der Waals surface area (Å²) in [7, 11) is 0. The summed E-state index contributed by atoms with van der Waals surface area (Å²) in [5.74, 6) is -0.773. The van der Waals surface area contributed by atoms with Gasteiger partial charge in [-0.3, -0.25) is 9.78 Å². The normalized spacial score (nSPS) is 11.0. The SMILES string of the molecule is CCOC(=O)c1c(C(=O)c2ccc3ccccc3c2)c(-c2ccccn2)n2ccccc12. The fourth-order valence-corrected chi connectivity index (χ4v) is 4.07. The minimum atomic E-state index is -0.525. The molecule has 0 unspecified atom stereocenters. The van der Waals surface area contributed by atoms with Crippen molar-refractivity contribution in [2.45, 2.75) is 6.92 Å². The second kappa shape index (κ2) is 8.12. The van der Waals surface area contributed by atoms with E-state index in [0.29, 0.717) is 28.0 Å². The van der Waals surface area contributed by atoms with Gasteiger partial charge in [-0.15, -0.1) is 0 Å². The lowest BCUT2D eigenvalue weighted by Crippen LogP contribution is -2.12. The number of hydrogen-bond donors (Lipinski definition) is 0. The second-order valence-corrected chi connectivity index (χ2v) is 7.38. The van der Waals surface area contributed by atoms with Crippen LogP contribution in [0, 0.1) is 0 Å². The van der Waals surface area contributed by atoms with Crippen LogP contribution in [0.1, 0.15) is 33.2 Å². The molecular formula is C27H20N2O3. The standard InChI is InChI=1S/C27H20N2O3/c1-2-32-27(31)23-22-12-6-8-16-29(22)25(21-11-5-7-15-28-21)24(23)26(30)20-14-13-18-9-3-4-10-19(18)17-20/h3-17H,2H2,1H3. The number of esters is 1. The Balaban J connectivity index is 1.82. The molecule has 5 heteroatoms. The number of ether oxygens (including phenoxy) is 1. The summed E-state index contributed by atoms with van der Waals surface area (Å²) >= 11 is 0. The zero-order valence-corrected chi connectivity index (χ0v) is 17.5. The molecule has 0 aliphatic rings. The lowest BCUT2D eigenvalue weighted by Gasteiger charge is -2.08. The Morgan fingerprint density at radius 2 is 1.66 bits per heavy atom. The molecule has 5 rings (SSSR count). The third-order valence-electron chi connectivity index (χ3n) is 5.47. The van der Waals surface area contributed by atoms with Crippen LogP contribution >= 0.6 is 0 Å². The molecule has 0 atom stereocenters. The first kappa shape index (κ1) is 19.7. The summed E-state index contributed by atoms with van der Waals surface area (Å²) in [6.07, 6.45) is 3.51. The molecule has 2 aromatic carbocycles. The summed E-state index contributed by atoms with van der Waals surface area (Å²) in [6, 6.07) is 24.5. The summed E-state index contributed by atoms with van der Waals surface area (Å²) < 4.78 is 7.19. The van der Waals surface area contributed by atoms with Crippen molar-refractivity contribution in [1.29, 1.82) is 0 Å². The van der Waals surface area contributed by atoms with E-state index in [-0.39, 0.29) is 18.0 Å². The molecule has 32 heavy (non-hydrogen) atoms. The van der Waals surface area contributed by atoms with Gasteiger partial charge in [0, 0.05) is 18.0 Å². The van der Waals surface area contributed by atoms with Crippen LogP contribution in [-0.4, -0.2) is 27.7 Å². The van der Waals surface area contributed by atoms with E-state index in [4.69, 9.17) is 4.74 Å². The van der Waals surface area contributed by atoms with Gasteiger partial charge in [-0.2, -0.15) is 0 Å². The van der Waals surface area contributed by atoms with E-state index in [1.165, 1.54) is 0 Å². The molecule has 0 radical (unpaired) electrons. The predicted octanol–water partition coefficient (Wildman–Crippen LogP) is 5.56. The second-order valence-electron chi connectivity index (χ2n) is 7.38. The molecule has 0 saturated carbocycles. The lowest BCUT2D eigenvalue weighted by atomic mass is 9.96. The highest BCUT2D eigenvalue weighted by atomic mass is 16.5. The van der Waals surface area contributed by atoms with Crippen molar-refractivity contribution in [3.8, 4) is 11.4 Å². The largest absolute Gasteiger partial charge is 0.462 e. The van der Waals surface area contributed by atoms with Gasteiger partial charge in [-0.1, -0.05) is 48.5 Å². The fraction of sp³-hybridized carbons (Fsp3) is 0.0741. The van der Waals surface area contributed by atoms with E-state index in [2.05, 4.69) is 4.98 Å².